The van der Waals surface area contributed by atoms with E-state index in [-0.39, 0.29) is 5.56 Å². The molecule has 0 aliphatic carbocycles. The molecule has 0 saturated carbocycles. The fourth-order valence-electron chi connectivity index (χ4n) is 2.22. The van der Waals surface area contributed by atoms with Crippen LogP contribution in [0.2, 0.25) is 0 Å². The first-order chi connectivity index (χ1) is 12.8. The highest BCUT2D eigenvalue weighted by atomic mass is 16.6. The number of hydrogen-bond acceptors (Lipinski definition) is 6. The smallest absolute Gasteiger partial charge is 0.345 e. The lowest BCUT2D eigenvalue weighted by atomic mass is 10.1. The van der Waals surface area contributed by atoms with Crippen LogP contribution < -0.4 is 10.6 Å². The van der Waals surface area contributed by atoms with Gasteiger partial charge in [0.05, 0.1) is 4.92 Å². The van der Waals surface area contributed by atoms with Gasteiger partial charge in [0.15, 0.2) is 6.61 Å². The van der Waals surface area contributed by atoms with Crippen molar-refractivity contribution in [1.82, 2.24) is 5.32 Å². The molecule has 0 radical (unpaired) electrons. The quantitative estimate of drug-likeness (QED) is 0.472. The van der Waals surface area contributed by atoms with Crippen molar-refractivity contribution >= 4 is 29.3 Å². The van der Waals surface area contributed by atoms with E-state index >= 15 is 0 Å². The molecule has 0 atom stereocenters. The van der Waals surface area contributed by atoms with Crippen molar-refractivity contribution in [3.63, 3.8) is 0 Å². The van der Waals surface area contributed by atoms with Crippen LogP contribution in [-0.4, -0.2) is 29.4 Å². The van der Waals surface area contributed by atoms with Crippen molar-refractivity contribution in [3.8, 4) is 0 Å². The molecule has 9 heteroatoms. The number of imide groups is 1. The summed E-state index contributed by atoms with van der Waals surface area (Å²) in [7, 11) is 0. The van der Waals surface area contributed by atoms with Crippen molar-refractivity contribution in [1.29, 1.82) is 0 Å². The first-order valence-corrected chi connectivity index (χ1v) is 7.87. The number of nitro benzene ring substituents is 1. The first-order valence-electron chi connectivity index (χ1n) is 7.87. The summed E-state index contributed by atoms with van der Waals surface area (Å²) in [6.07, 6.45) is 0. The molecule has 3 amide bonds. The van der Waals surface area contributed by atoms with Gasteiger partial charge in [0, 0.05) is 11.8 Å². The summed E-state index contributed by atoms with van der Waals surface area (Å²) in [5.74, 6) is -1.91. The monoisotopic (exact) mass is 371 g/mol. The Morgan fingerprint density at radius 1 is 1.07 bits per heavy atom. The molecule has 9 nitrogen and oxygen atoms in total. The Balaban J connectivity index is 1.91. The van der Waals surface area contributed by atoms with E-state index in [1.807, 2.05) is 25.2 Å². The van der Waals surface area contributed by atoms with E-state index in [0.29, 0.717) is 5.69 Å². The van der Waals surface area contributed by atoms with Gasteiger partial charge in [0.1, 0.15) is 5.56 Å². The number of nitrogens with zero attached hydrogens (tertiary/aromatic N) is 1. The number of rotatable bonds is 5. The largest absolute Gasteiger partial charge is 0.452 e. The molecular weight excluding hydrogens is 354 g/mol. The zero-order chi connectivity index (χ0) is 20.0. The maximum absolute atomic E-state index is 11.9. The fourth-order valence-corrected chi connectivity index (χ4v) is 2.22. The van der Waals surface area contributed by atoms with Gasteiger partial charge in [0.25, 0.3) is 11.6 Å². The third kappa shape index (κ3) is 5.11. The van der Waals surface area contributed by atoms with Crippen molar-refractivity contribution in [3.05, 3.63) is 69.3 Å². The van der Waals surface area contributed by atoms with E-state index in [1.165, 1.54) is 18.2 Å². The highest BCUT2D eigenvalue weighted by Crippen LogP contribution is 2.19. The molecular formula is C18H17N3O6. The fraction of sp³-hybridized carbons (Fsp3) is 0.167. The summed E-state index contributed by atoms with van der Waals surface area (Å²) in [5, 5.41) is 15.4. The normalized spacial score (nSPS) is 10.0. The minimum atomic E-state index is -1.03. The minimum Gasteiger partial charge on any atom is -0.452 e. The van der Waals surface area contributed by atoms with E-state index in [0.717, 1.165) is 17.2 Å². The van der Waals surface area contributed by atoms with Gasteiger partial charge in [0.2, 0.25) is 0 Å². The molecule has 2 aromatic rings. The number of amides is 3. The van der Waals surface area contributed by atoms with E-state index in [1.54, 1.807) is 12.1 Å². The SMILES string of the molecule is Cc1cccc(NC(=O)NC(=O)COC(=O)c2ccccc2[N+](=O)[O-])c1C. The van der Waals surface area contributed by atoms with Crippen LogP contribution in [0, 0.1) is 24.0 Å². The van der Waals surface area contributed by atoms with E-state index in [2.05, 4.69) is 5.32 Å². The number of para-hydroxylation sites is 1. The van der Waals surface area contributed by atoms with Crippen molar-refractivity contribution in [2.75, 3.05) is 11.9 Å². The van der Waals surface area contributed by atoms with Crippen LogP contribution in [0.5, 0.6) is 0 Å². The summed E-state index contributed by atoms with van der Waals surface area (Å²) >= 11 is 0. The van der Waals surface area contributed by atoms with Crippen molar-refractivity contribution in [2.45, 2.75) is 13.8 Å². The molecule has 0 saturated heterocycles. The molecule has 0 spiro atoms. The Labute approximate surface area is 154 Å². The Morgan fingerprint density at radius 3 is 2.48 bits per heavy atom. The van der Waals surface area contributed by atoms with Crippen LogP contribution in [0.1, 0.15) is 21.5 Å². The van der Waals surface area contributed by atoms with Gasteiger partial charge in [-0.25, -0.2) is 9.59 Å². The molecule has 2 N–H and O–H groups in total. The van der Waals surface area contributed by atoms with E-state index < -0.39 is 35.1 Å². The average molecular weight is 371 g/mol. The summed E-state index contributed by atoms with van der Waals surface area (Å²) in [4.78, 5) is 45.7. The molecule has 140 valence electrons. The van der Waals surface area contributed by atoms with Gasteiger partial charge in [-0.15, -0.1) is 0 Å². The molecule has 0 aromatic heterocycles. The molecule has 0 heterocycles. The second-order valence-electron chi connectivity index (χ2n) is 5.60. The van der Waals surface area contributed by atoms with Crippen LogP contribution in [-0.2, 0) is 9.53 Å². The number of carbonyl (C=O) groups is 3. The lowest BCUT2D eigenvalue weighted by Crippen LogP contribution is -2.37. The van der Waals surface area contributed by atoms with Gasteiger partial charge in [-0.05, 0) is 37.1 Å². The summed E-state index contributed by atoms with van der Waals surface area (Å²) < 4.78 is 4.74. The van der Waals surface area contributed by atoms with E-state index in [9.17, 15) is 24.5 Å². The van der Waals surface area contributed by atoms with Gasteiger partial charge >= 0.3 is 12.0 Å². The Bertz CT molecular complexity index is 910. The number of benzene rings is 2. The van der Waals surface area contributed by atoms with Gasteiger partial charge in [-0.1, -0.05) is 24.3 Å². The summed E-state index contributed by atoms with van der Waals surface area (Å²) in [5.41, 5.74) is 1.64. The number of esters is 1. The first kappa shape index (κ1) is 19.6. The summed E-state index contributed by atoms with van der Waals surface area (Å²) in [6.45, 7) is 2.94. The van der Waals surface area contributed by atoms with Crippen molar-refractivity contribution < 1.29 is 24.0 Å². The Morgan fingerprint density at radius 2 is 1.78 bits per heavy atom. The summed E-state index contributed by atoms with van der Waals surface area (Å²) in [6, 6.07) is 9.73. The maximum atomic E-state index is 11.9. The van der Waals surface area contributed by atoms with Crippen molar-refractivity contribution in [2.24, 2.45) is 0 Å². The number of anilines is 1. The molecule has 2 rings (SSSR count). The van der Waals surface area contributed by atoms with E-state index in [4.69, 9.17) is 4.74 Å². The number of ether oxygens (including phenoxy) is 1. The third-order valence-electron chi connectivity index (χ3n) is 3.76. The lowest BCUT2D eigenvalue weighted by Gasteiger charge is -2.11. The number of aryl methyl sites for hydroxylation is 1. The number of urea groups is 1. The molecule has 0 aliphatic heterocycles. The van der Waals surface area contributed by atoms with Gasteiger partial charge in [-0.2, -0.15) is 0 Å². The molecule has 0 aliphatic rings. The highest BCUT2D eigenvalue weighted by molar-refractivity contribution is 6.03. The van der Waals surface area contributed by atoms with Crippen LogP contribution in [0.3, 0.4) is 0 Å². The second kappa shape index (κ2) is 8.56. The predicted octanol–water partition coefficient (Wildman–Crippen LogP) is 2.72. The molecule has 2 aromatic carbocycles. The van der Waals surface area contributed by atoms with Crippen LogP contribution in [0.4, 0.5) is 16.2 Å². The Kier molecular flexibility index (Phi) is 6.21. The standard InChI is InChI=1S/C18H17N3O6/c1-11-6-5-8-14(12(11)2)19-18(24)20-16(22)10-27-17(23)13-7-3-4-9-15(13)21(25)26/h3-9H,10H2,1-2H3,(H2,19,20,22,24). The third-order valence-corrected chi connectivity index (χ3v) is 3.76. The number of hydrogen-bond donors (Lipinski definition) is 2. The number of nitrogens with one attached hydrogen (secondary N) is 2. The molecule has 0 unspecified atom stereocenters. The maximum Gasteiger partial charge on any atom is 0.345 e. The Hall–Kier alpha value is -3.75. The topological polar surface area (TPSA) is 128 Å². The van der Waals surface area contributed by atoms with Gasteiger partial charge in [-0.3, -0.25) is 20.2 Å². The van der Waals surface area contributed by atoms with Crippen LogP contribution in [0.25, 0.3) is 0 Å². The molecule has 27 heavy (non-hydrogen) atoms. The lowest BCUT2D eigenvalue weighted by molar-refractivity contribution is -0.385. The zero-order valence-electron chi connectivity index (χ0n) is 14.6. The highest BCUT2D eigenvalue weighted by Gasteiger charge is 2.21. The molecule has 0 fully saturated rings. The zero-order valence-corrected chi connectivity index (χ0v) is 14.6. The molecule has 0 bridgehead atoms. The number of nitro groups is 1. The number of carbonyl (C=O) groups excluding carboxylic acids is 3. The second-order valence-corrected chi connectivity index (χ2v) is 5.60. The van der Waals surface area contributed by atoms with Crippen LogP contribution >= 0.6 is 0 Å². The average Bonchev–Trinajstić information content (AvgIpc) is 2.63. The predicted molar refractivity (Wildman–Crippen MR) is 96.5 cm³/mol. The van der Waals surface area contributed by atoms with Gasteiger partial charge < -0.3 is 10.1 Å². The minimum absolute atomic E-state index is 0.282. The van der Waals surface area contributed by atoms with Crippen LogP contribution in [0.15, 0.2) is 42.5 Å².